The first kappa shape index (κ1) is 19.6. The first-order valence-corrected chi connectivity index (χ1v) is 9.53. The Hall–Kier alpha value is -2.19. The molecule has 0 bridgehead atoms. The molecule has 8 heteroatoms. The van der Waals surface area contributed by atoms with E-state index in [-0.39, 0.29) is 17.6 Å². The van der Waals surface area contributed by atoms with Gasteiger partial charge < -0.3 is 15.0 Å². The third-order valence-electron chi connectivity index (χ3n) is 4.87. The number of hydrogen-bond donors (Lipinski definition) is 1. The second kappa shape index (κ2) is 8.22. The first-order chi connectivity index (χ1) is 12.9. The number of halogens is 1. The van der Waals surface area contributed by atoms with Gasteiger partial charge in [0.15, 0.2) is 0 Å². The summed E-state index contributed by atoms with van der Waals surface area (Å²) in [5, 5.41) is 7.54. The van der Waals surface area contributed by atoms with E-state index >= 15 is 0 Å². The van der Waals surface area contributed by atoms with Crippen molar-refractivity contribution in [2.24, 2.45) is 7.05 Å². The summed E-state index contributed by atoms with van der Waals surface area (Å²) in [7, 11) is 5.09. The molecule has 144 valence electrons. The molecule has 2 aromatic rings. The van der Waals surface area contributed by atoms with E-state index in [1.165, 1.54) is 17.4 Å². The normalized spacial score (nSPS) is 20.3. The molecule has 1 N–H and O–H groups in total. The molecule has 3 rings (SSSR count). The highest BCUT2D eigenvalue weighted by Gasteiger charge is 2.27. The van der Waals surface area contributed by atoms with Crippen LogP contribution in [0.2, 0.25) is 0 Å². The van der Waals surface area contributed by atoms with Crippen molar-refractivity contribution in [3.8, 4) is 0 Å². The summed E-state index contributed by atoms with van der Waals surface area (Å²) in [4.78, 5) is 25.9. The molecule has 7 nitrogen and oxygen atoms in total. The van der Waals surface area contributed by atoms with Crippen LogP contribution in [0, 0.1) is 0 Å². The van der Waals surface area contributed by atoms with Gasteiger partial charge in [0.2, 0.25) is 0 Å². The predicted molar refractivity (Wildman–Crippen MR) is 107 cm³/mol. The molecule has 1 aliphatic heterocycles. The molecule has 0 spiro atoms. The minimum Gasteiger partial charge on any atom is -0.465 e. The number of aromatic nitrogens is 2. The maximum Gasteiger partial charge on any atom is 0.337 e. The fourth-order valence-corrected chi connectivity index (χ4v) is 3.98. The van der Waals surface area contributed by atoms with Gasteiger partial charge in [-0.1, -0.05) is 12.1 Å². The zero-order chi connectivity index (χ0) is 19.6. The van der Waals surface area contributed by atoms with Crippen molar-refractivity contribution in [1.29, 1.82) is 0 Å². The molecule has 1 aliphatic rings. The summed E-state index contributed by atoms with van der Waals surface area (Å²) in [6.07, 6.45) is 2.59. The highest BCUT2D eigenvalue weighted by atomic mass is 79.9. The fourth-order valence-electron chi connectivity index (χ4n) is 3.51. The summed E-state index contributed by atoms with van der Waals surface area (Å²) in [5.41, 5.74) is 2.27. The largest absolute Gasteiger partial charge is 0.465 e. The van der Waals surface area contributed by atoms with Crippen LogP contribution in [0.1, 0.15) is 28.3 Å². The lowest BCUT2D eigenvalue weighted by molar-refractivity contribution is 0.0600. The van der Waals surface area contributed by atoms with Crippen molar-refractivity contribution in [1.82, 2.24) is 14.7 Å². The topological polar surface area (TPSA) is 76.5 Å². The van der Waals surface area contributed by atoms with E-state index in [0.29, 0.717) is 21.6 Å². The maximum atomic E-state index is 12.1. The second-order valence-electron chi connectivity index (χ2n) is 6.91. The maximum absolute atomic E-state index is 12.1. The van der Waals surface area contributed by atoms with Crippen molar-refractivity contribution in [3.63, 3.8) is 0 Å². The quantitative estimate of drug-likeness (QED) is 0.743. The molecule has 1 aromatic carbocycles. The molecule has 1 aromatic heterocycles. The number of aryl methyl sites for hydroxylation is 1. The van der Waals surface area contributed by atoms with E-state index in [4.69, 9.17) is 4.74 Å². The summed E-state index contributed by atoms with van der Waals surface area (Å²) in [5.74, 6) is -0.00362. The van der Waals surface area contributed by atoms with Crippen LogP contribution in [-0.2, 0) is 11.8 Å². The Bertz CT molecular complexity index is 882. The number of piperidine rings is 1. The van der Waals surface area contributed by atoms with E-state index in [1.54, 1.807) is 25.4 Å². The van der Waals surface area contributed by atoms with Crippen LogP contribution in [-0.4, -0.2) is 53.9 Å². The Morgan fingerprint density at radius 2 is 1.96 bits per heavy atom. The Morgan fingerprint density at radius 3 is 2.63 bits per heavy atom. The monoisotopic (exact) mass is 434 g/mol. The predicted octanol–water partition coefficient (Wildman–Crippen LogP) is 2.23. The summed E-state index contributed by atoms with van der Waals surface area (Å²) < 4.78 is 6.55. The zero-order valence-corrected chi connectivity index (χ0v) is 17.2. The molecule has 0 amide bonds. The van der Waals surface area contributed by atoms with Crippen LogP contribution >= 0.6 is 15.9 Å². The average Bonchev–Trinajstić information content (AvgIpc) is 2.67. The molecule has 0 saturated carbocycles. The highest BCUT2D eigenvalue weighted by molar-refractivity contribution is 9.10. The number of nitrogens with one attached hydrogen (secondary N) is 1. The lowest BCUT2D eigenvalue weighted by Gasteiger charge is -2.36. The molecule has 0 unspecified atom stereocenters. The van der Waals surface area contributed by atoms with E-state index in [0.717, 1.165) is 19.5 Å². The Kier molecular flexibility index (Phi) is 5.96. The van der Waals surface area contributed by atoms with Crippen LogP contribution in [0.5, 0.6) is 0 Å². The average molecular weight is 435 g/mol. The lowest BCUT2D eigenvalue weighted by Crippen LogP contribution is -2.43. The van der Waals surface area contributed by atoms with Crippen LogP contribution < -0.4 is 10.9 Å². The molecule has 0 aliphatic carbocycles. The number of esters is 1. The van der Waals surface area contributed by atoms with Gasteiger partial charge >= 0.3 is 5.97 Å². The van der Waals surface area contributed by atoms with Gasteiger partial charge in [0, 0.05) is 26.2 Å². The summed E-state index contributed by atoms with van der Waals surface area (Å²) in [6, 6.07) is 7.77. The van der Waals surface area contributed by atoms with Gasteiger partial charge in [-0.15, -0.1) is 0 Å². The van der Waals surface area contributed by atoms with Crippen LogP contribution in [0.3, 0.4) is 0 Å². The lowest BCUT2D eigenvalue weighted by atomic mass is 9.88. The third-order valence-corrected chi connectivity index (χ3v) is 5.64. The first-order valence-electron chi connectivity index (χ1n) is 8.74. The zero-order valence-electron chi connectivity index (χ0n) is 15.6. The van der Waals surface area contributed by atoms with Crippen molar-refractivity contribution >= 4 is 27.6 Å². The van der Waals surface area contributed by atoms with E-state index < -0.39 is 0 Å². The highest BCUT2D eigenvalue weighted by Crippen LogP contribution is 2.29. The number of likely N-dealkylation sites (tertiary alicyclic amines) is 1. The van der Waals surface area contributed by atoms with Gasteiger partial charge in [-0.05, 0) is 53.0 Å². The fraction of sp³-hybridized carbons (Fsp3) is 0.421. The number of carbonyl (C=O) groups excluding carboxylic acids is 1. The van der Waals surface area contributed by atoms with Crippen LogP contribution in [0.25, 0.3) is 0 Å². The Balaban J connectivity index is 1.75. The Labute approximate surface area is 166 Å². The number of anilines is 1. The summed E-state index contributed by atoms with van der Waals surface area (Å²) >= 11 is 3.37. The number of methoxy groups -OCH3 is 1. The van der Waals surface area contributed by atoms with Gasteiger partial charge in [0.05, 0.1) is 24.6 Å². The number of nitrogens with zero attached hydrogens (tertiary/aromatic N) is 3. The molecular weight excluding hydrogens is 412 g/mol. The number of rotatable bonds is 4. The third kappa shape index (κ3) is 4.39. The second-order valence-corrected chi connectivity index (χ2v) is 7.70. The van der Waals surface area contributed by atoms with E-state index in [1.807, 2.05) is 12.1 Å². The van der Waals surface area contributed by atoms with Gasteiger partial charge in [-0.25, -0.2) is 9.48 Å². The minimum absolute atomic E-state index is 0.167. The van der Waals surface area contributed by atoms with Crippen molar-refractivity contribution in [2.45, 2.75) is 18.4 Å². The molecule has 1 saturated heterocycles. The number of likely N-dealkylation sites (N-methyl/N-ethyl adjacent to an activating group) is 1. The van der Waals surface area contributed by atoms with Gasteiger partial charge in [0.25, 0.3) is 5.56 Å². The van der Waals surface area contributed by atoms with E-state index in [2.05, 4.69) is 38.3 Å². The minimum atomic E-state index is -0.329. The van der Waals surface area contributed by atoms with Crippen molar-refractivity contribution in [3.05, 3.63) is 56.4 Å². The van der Waals surface area contributed by atoms with E-state index in [9.17, 15) is 9.59 Å². The Morgan fingerprint density at radius 1 is 1.26 bits per heavy atom. The number of ether oxygens (including phenoxy) is 1. The number of hydrogen-bond acceptors (Lipinski definition) is 6. The van der Waals surface area contributed by atoms with Gasteiger partial charge in [-0.3, -0.25) is 4.79 Å². The van der Waals surface area contributed by atoms with Crippen molar-refractivity contribution < 1.29 is 9.53 Å². The molecule has 27 heavy (non-hydrogen) atoms. The van der Waals surface area contributed by atoms with Crippen LogP contribution in [0.4, 0.5) is 5.69 Å². The molecule has 2 heterocycles. The van der Waals surface area contributed by atoms with Gasteiger partial charge in [-0.2, -0.15) is 5.10 Å². The van der Waals surface area contributed by atoms with Crippen molar-refractivity contribution in [2.75, 3.05) is 32.6 Å². The smallest absolute Gasteiger partial charge is 0.337 e. The van der Waals surface area contributed by atoms with Crippen LogP contribution in [0.15, 0.2) is 39.7 Å². The van der Waals surface area contributed by atoms with Gasteiger partial charge in [0.1, 0.15) is 4.47 Å². The summed E-state index contributed by atoms with van der Waals surface area (Å²) in [6.45, 7) is 1.81. The SMILES string of the molecule is COC(=O)c1ccc([C@H]2C[C@@H](Nc3cnn(C)c(=O)c3Br)CN(C)C2)cc1. The molecule has 1 fully saturated rings. The molecule has 2 atom stereocenters. The number of benzene rings is 1. The standard InChI is InChI=1S/C19H23BrN4O3/c1-23-10-14(12-4-6-13(7-5-12)19(26)27-3)8-15(11-23)22-16-9-21-24(2)18(25)17(16)20/h4-7,9,14-15,22H,8,10-11H2,1-3H3/t14-,15+/m0/s1. The molecular formula is C19H23BrN4O3. The number of carbonyl (C=O) groups is 1. The molecule has 0 radical (unpaired) electrons.